The quantitative estimate of drug-likeness (QED) is 0.429. The van der Waals surface area contributed by atoms with E-state index in [1.165, 1.54) is 27.7 Å². The molecule has 190 valence electrons. The van der Waals surface area contributed by atoms with E-state index in [0.29, 0.717) is 44.9 Å². The van der Waals surface area contributed by atoms with Crippen molar-refractivity contribution in [1.82, 2.24) is 19.0 Å². The molecule has 0 aliphatic carbocycles. The van der Waals surface area contributed by atoms with E-state index in [4.69, 9.17) is 11.6 Å². The maximum Gasteiger partial charge on any atom is 0.332 e. The number of phenols is 1. The van der Waals surface area contributed by atoms with Crippen LogP contribution in [0, 0.1) is 11.7 Å². The molecule has 0 spiro atoms. The molecule has 2 atom stereocenters. The molecule has 4 aromatic rings. The number of aromatic nitrogens is 3. The zero-order valence-corrected chi connectivity index (χ0v) is 21.4. The Morgan fingerprint density at radius 3 is 2.46 bits per heavy atom. The van der Waals surface area contributed by atoms with Gasteiger partial charge in [0.15, 0.2) is 0 Å². The van der Waals surface area contributed by atoms with Crippen LogP contribution in [-0.4, -0.2) is 56.8 Å². The van der Waals surface area contributed by atoms with Crippen LogP contribution in [0.4, 0.5) is 10.2 Å². The average molecular weight is 520 g/mol. The smallest absolute Gasteiger partial charge is 0.332 e. The van der Waals surface area contributed by atoms with Gasteiger partial charge >= 0.3 is 5.69 Å². The summed E-state index contributed by atoms with van der Waals surface area (Å²) in [5, 5.41) is 11.6. The van der Waals surface area contributed by atoms with Gasteiger partial charge in [-0.05, 0) is 73.5 Å². The molecule has 2 aromatic heterocycles. The lowest BCUT2D eigenvalue weighted by Crippen LogP contribution is -2.32. The molecule has 0 bridgehead atoms. The van der Waals surface area contributed by atoms with Gasteiger partial charge in [-0.1, -0.05) is 17.7 Å². The second-order valence-electron chi connectivity index (χ2n) is 9.98. The lowest BCUT2D eigenvalue weighted by Gasteiger charge is -2.22. The lowest BCUT2D eigenvalue weighted by atomic mass is 9.97. The summed E-state index contributed by atoms with van der Waals surface area (Å²) in [6.45, 7) is 2.98. The van der Waals surface area contributed by atoms with Crippen LogP contribution in [0.5, 0.6) is 5.75 Å². The number of likely N-dealkylation sites (tertiary alicyclic amines) is 1. The minimum Gasteiger partial charge on any atom is -0.507 e. The van der Waals surface area contributed by atoms with Gasteiger partial charge in [0.25, 0.3) is 0 Å². The average Bonchev–Trinajstić information content (AvgIpc) is 3.57. The SMILES string of the molecule is CN1CCC2CN(c3cc(-c4cc(F)cc(-c5ccc(-n6ccn(C)c6=O)c(Cl)c5)c4O)ccn3)CC21. The molecule has 2 unspecified atom stereocenters. The number of pyridine rings is 1. The summed E-state index contributed by atoms with van der Waals surface area (Å²) in [4.78, 5) is 21.6. The van der Waals surface area contributed by atoms with Crippen LogP contribution in [0.1, 0.15) is 6.42 Å². The van der Waals surface area contributed by atoms with Crippen LogP contribution >= 0.6 is 11.6 Å². The Kier molecular flexibility index (Phi) is 5.81. The maximum atomic E-state index is 14.9. The first-order valence-electron chi connectivity index (χ1n) is 12.3. The molecule has 2 aromatic carbocycles. The van der Waals surface area contributed by atoms with Crippen molar-refractivity contribution >= 4 is 17.4 Å². The van der Waals surface area contributed by atoms with E-state index in [1.54, 1.807) is 49.9 Å². The zero-order chi connectivity index (χ0) is 25.8. The summed E-state index contributed by atoms with van der Waals surface area (Å²) in [7, 11) is 3.83. The number of rotatable bonds is 4. The molecule has 9 heteroatoms. The highest BCUT2D eigenvalue weighted by molar-refractivity contribution is 6.32. The molecule has 2 saturated heterocycles. The highest BCUT2D eigenvalue weighted by Crippen LogP contribution is 2.41. The Morgan fingerprint density at radius 2 is 1.78 bits per heavy atom. The molecule has 0 saturated carbocycles. The highest BCUT2D eigenvalue weighted by Gasteiger charge is 2.40. The maximum absolute atomic E-state index is 14.9. The number of hydrogen-bond donors (Lipinski definition) is 1. The third-order valence-electron chi connectivity index (χ3n) is 7.75. The number of anilines is 1. The number of phenolic OH excluding ortho intramolecular Hbond substituents is 1. The van der Waals surface area contributed by atoms with E-state index in [0.717, 1.165) is 25.5 Å². The number of benzene rings is 2. The Morgan fingerprint density at radius 1 is 1.03 bits per heavy atom. The van der Waals surface area contributed by atoms with Crippen molar-refractivity contribution in [2.75, 3.05) is 31.6 Å². The highest BCUT2D eigenvalue weighted by atomic mass is 35.5. The van der Waals surface area contributed by atoms with Crippen molar-refractivity contribution in [3.8, 4) is 33.7 Å². The van der Waals surface area contributed by atoms with Gasteiger partial charge in [-0.25, -0.2) is 14.2 Å². The molecule has 0 radical (unpaired) electrons. The monoisotopic (exact) mass is 519 g/mol. The molecule has 7 nitrogen and oxygen atoms in total. The number of imidazole rings is 1. The first-order valence-corrected chi connectivity index (χ1v) is 12.7. The van der Waals surface area contributed by atoms with Crippen LogP contribution in [0.15, 0.2) is 65.8 Å². The molecule has 2 aliphatic rings. The number of halogens is 2. The summed E-state index contributed by atoms with van der Waals surface area (Å²) in [5.41, 5.74) is 2.21. The van der Waals surface area contributed by atoms with Crippen molar-refractivity contribution in [1.29, 1.82) is 0 Å². The number of likely N-dealkylation sites (N-methyl/N-ethyl adjacent to an activating group) is 1. The fraction of sp³-hybridized carbons (Fsp3) is 0.286. The van der Waals surface area contributed by atoms with Crippen LogP contribution in [0.3, 0.4) is 0 Å². The standard InChI is InChI=1S/C28H27ClFN5O2/c1-32-8-6-19-15-34(16-25(19)32)26-12-18(5-7-31-26)22-14-20(30)13-21(27(22)36)17-3-4-24(23(29)11-17)35-10-9-33(2)28(35)37/h3-5,7,9-14,19,25,36H,6,8,15-16H2,1-2H3. The number of nitrogens with zero attached hydrogens (tertiary/aromatic N) is 5. The van der Waals surface area contributed by atoms with Crippen molar-refractivity contribution < 1.29 is 9.50 Å². The van der Waals surface area contributed by atoms with Crippen LogP contribution in [0.2, 0.25) is 5.02 Å². The van der Waals surface area contributed by atoms with E-state index in [9.17, 15) is 14.3 Å². The zero-order valence-electron chi connectivity index (χ0n) is 20.6. The second-order valence-corrected chi connectivity index (χ2v) is 10.4. The van der Waals surface area contributed by atoms with E-state index in [2.05, 4.69) is 21.8 Å². The molecular formula is C28H27ClFN5O2. The van der Waals surface area contributed by atoms with E-state index < -0.39 is 5.82 Å². The van der Waals surface area contributed by atoms with Crippen molar-refractivity contribution in [3.05, 3.63) is 82.4 Å². The topological polar surface area (TPSA) is 66.5 Å². The van der Waals surface area contributed by atoms with Crippen LogP contribution < -0.4 is 10.6 Å². The third-order valence-corrected chi connectivity index (χ3v) is 8.05. The molecule has 37 heavy (non-hydrogen) atoms. The van der Waals surface area contributed by atoms with Gasteiger partial charge in [0.05, 0.1) is 10.7 Å². The predicted octanol–water partition coefficient (Wildman–Crippen LogP) is 4.54. The first kappa shape index (κ1) is 23.8. The van der Waals surface area contributed by atoms with E-state index in [-0.39, 0.29) is 11.4 Å². The van der Waals surface area contributed by atoms with E-state index in [1.807, 2.05) is 6.07 Å². The van der Waals surface area contributed by atoms with Gasteiger partial charge in [0.2, 0.25) is 0 Å². The summed E-state index contributed by atoms with van der Waals surface area (Å²) in [5.74, 6) is 0.936. The fourth-order valence-electron chi connectivity index (χ4n) is 5.67. The molecular weight excluding hydrogens is 493 g/mol. The Bertz CT molecular complexity index is 1560. The number of aryl methyl sites for hydroxylation is 1. The van der Waals surface area contributed by atoms with Gasteiger partial charge in [-0.3, -0.25) is 4.57 Å². The summed E-state index contributed by atoms with van der Waals surface area (Å²) in [6, 6.07) is 11.9. The third kappa shape index (κ3) is 4.10. The summed E-state index contributed by atoms with van der Waals surface area (Å²) >= 11 is 6.53. The van der Waals surface area contributed by atoms with Crippen molar-refractivity contribution in [2.45, 2.75) is 12.5 Å². The summed E-state index contributed by atoms with van der Waals surface area (Å²) < 4.78 is 17.7. The van der Waals surface area contributed by atoms with Gasteiger partial charge in [-0.15, -0.1) is 0 Å². The largest absolute Gasteiger partial charge is 0.507 e. The molecule has 2 aliphatic heterocycles. The van der Waals surface area contributed by atoms with E-state index >= 15 is 0 Å². The molecule has 4 heterocycles. The van der Waals surface area contributed by atoms with Gasteiger partial charge in [-0.2, -0.15) is 0 Å². The number of hydrogen-bond acceptors (Lipinski definition) is 5. The molecule has 6 rings (SSSR count). The lowest BCUT2D eigenvalue weighted by molar-refractivity contribution is 0.310. The minimum atomic E-state index is -0.474. The summed E-state index contributed by atoms with van der Waals surface area (Å²) in [6.07, 6.45) is 6.17. The minimum absolute atomic E-state index is 0.0442. The van der Waals surface area contributed by atoms with Gasteiger partial charge < -0.3 is 19.5 Å². The Labute approximate surface area is 219 Å². The predicted molar refractivity (Wildman–Crippen MR) is 143 cm³/mol. The Balaban J connectivity index is 1.35. The molecule has 0 amide bonds. The normalized spacial score (nSPS) is 19.5. The Hall–Kier alpha value is -3.62. The molecule has 1 N–H and O–H groups in total. The van der Waals surface area contributed by atoms with Crippen LogP contribution in [-0.2, 0) is 7.05 Å². The first-order chi connectivity index (χ1) is 17.8. The van der Waals surface area contributed by atoms with Crippen molar-refractivity contribution in [2.24, 2.45) is 13.0 Å². The van der Waals surface area contributed by atoms with Crippen molar-refractivity contribution in [3.63, 3.8) is 0 Å². The number of fused-ring (bicyclic) bond motifs is 1. The van der Waals surface area contributed by atoms with Gasteiger partial charge in [0.1, 0.15) is 17.4 Å². The fourth-order valence-corrected chi connectivity index (χ4v) is 5.95. The number of aromatic hydroxyl groups is 1. The van der Waals surface area contributed by atoms with Gasteiger partial charge in [0, 0.05) is 55.9 Å². The molecule has 2 fully saturated rings. The second kappa shape index (κ2) is 9.04. The van der Waals surface area contributed by atoms with Crippen LogP contribution in [0.25, 0.3) is 27.9 Å².